The van der Waals surface area contributed by atoms with Crippen molar-refractivity contribution in [2.75, 3.05) is 45.0 Å². The van der Waals surface area contributed by atoms with Gasteiger partial charge in [0.05, 0.1) is 10.6 Å². The van der Waals surface area contributed by atoms with E-state index in [0.717, 1.165) is 17.7 Å². The summed E-state index contributed by atoms with van der Waals surface area (Å²) in [5, 5.41) is 0. The molecule has 0 amide bonds. The Morgan fingerprint density at radius 3 is 2.20 bits per heavy atom. The predicted octanol–water partition coefficient (Wildman–Crippen LogP) is 0.549. The van der Waals surface area contributed by atoms with Gasteiger partial charge in [0, 0.05) is 32.7 Å². The Morgan fingerprint density at radius 1 is 1.00 bits per heavy atom. The van der Waals surface area contributed by atoms with E-state index in [2.05, 4.69) is 9.62 Å². The van der Waals surface area contributed by atoms with Crippen molar-refractivity contribution in [3.63, 3.8) is 0 Å². The molecule has 9 heteroatoms. The summed E-state index contributed by atoms with van der Waals surface area (Å²) in [6.45, 7) is 8.91. The maximum Gasteiger partial charge on any atom is 0.240 e. The van der Waals surface area contributed by atoms with Gasteiger partial charge < -0.3 is 4.90 Å². The summed E-state index contributed by atoms with van der Waals surface area (Å²) in [6, 6.07) is 4.87. The molecule has 0 aromatic heterocycles. The average Bonchev–Trinajstić information content (AvgIpc) is 2.57. The summed E-state index contributed by atoms with van der Waals surface area (Å²) in [5.41, 5.74) is 1.89. The second kappa shape index (κ2) is 8.13. The first-order chi connectivity index (χ1) is 11.7. The van der Waals surface area contributed by atoms with Crippen LogP contribution in [-0.2, 0) is 20.0 Å². The molecule has 0 saturated carbocycles. The van der Waals surface area contributed by atoms with Crippen LogP contribution in [0, 0.1) is 13.8 Å². The van der Waals surface area contributed by atoms with E-state index in [0.29, 0.717) is 26.2 Å². The Kier molecular flexibility index (Phi) is 6.61. The molecule has 1 N–H and O–H groups in total. The fourth-order valence-electron chi connectivity index (χ4n) is 2.72. The normalized spacial score (nSPS) is 17.7. The van der Waals surface area contributed by atoms with Gasteiger partial charge in [-0.05, 0) is 43.7 Å². The molecule has 0 spiro atoms. The second-order valence-electron chi connectivity index (χ2n) is 6.29. The highest BCUT2D eigenvalue weighted by Crippen LogP contribution is 2.14. The van der Waals surface area contributed by atoms with Gasteiger partial charge in [0.15, 0.2) is 0 Å². The average molecular weight is 390 g/mol. The summed E-state index contributed by atoms with van der Waals surface area (Å²) < 4.78 is 53.2. The lowest BCUT2D eigenvalue weighted by Crippen LogP contribution is -2.49. The van der Waals surface area contributed by atoms with E-state index < -0.39 is 20.0 Å². The molecule has 1 heterocycles. The van der Waals surface area contributed by atoms with Crippen LogP contribution in [0.1, 0.15) is 18.1 Å². The lowest BCUT2D eigenvalue weighted by Gasteiger charge is -2.33. The van der Waals surface area contributed by atoms with Crippen molar-refractivity contribution in [2.45, 2.75) is 25.7 Å². The van der Waals surface area contributed by atoms with Gasteiger partial charge in [-0.15, -0.1) is 0 Å². The van der Waals surface area contributed by atoms with Gasteiger partial charge in [-0.1, -0.05) is 13.0 Å². The maximum absolute atomic E-state index is 12.4. The highest BCUT2D eigenvalue weighted by Gasteiger charge is 2.26. The first-order valence-corrected chi connectivity index (χ1v) is 11.5. The van der Waals surface area contributed by atoms with E-state index in [-0.39, 0.29) is 17.2 Å². The van der Waals surface area contributed by atoms with E-state index in [4.69, 9.17) is 0 Å². The standard InChI is InChI=1S/C16H27N3O4S2/c1-4-18-8-10-19(11-9-18)24(20,21)12-7-17-25(22,23)16-6-5-14(2)15(3)13-16/h5-6,13,17H,4,7-12H2,1-3H3. The Morgan fingerprint density at radius 2 is 1.64 bits per heavy atom. The van der Waals surface area contributed by atoms with Crippen LogP contribution in [0.4, 0.5) is 0 Å². The van der Waals surface area contributed by atoms with Crippen LogP contribution >= 0.6 is 0 Å². The van der Waals surface area contributed by atoms with Crippen molar-refractivity contribution in [1.29, 1.82) is 0 Å². The molecule has 1 saturated heterocycles. The van der Waals surface area contributed by atoms with Gasteiger partial charge in [-0.2, -0.15) is 4.31 Å². The van der Waals surface area contributed by atoms with Crippen LogP contribution in [0.15, 0.2) is 23.1 Å². The number of nitrogens with one attached hydrogen (secondary N) is 1. The van der Waals surface area contributed by atoms with Crippen molar-refractivity contribution < 1.29 is 16.8 Å². The van der Waals surface area contributed by atoms with Crippen LogP contribution in [0.3, 0.4) is 0 Å². The Bertz CT molecular complexity index is 799. The fourth-order valence-corrected chi connectivity index (χ4v) is 5.31. The molecule has 0 radical (unpaired) electrons. The number of rotatable bonds is 7. The van der Waals surface area contributed by atoms with Gasteiger partial charge in [-0.3, -0.25) is 0 Å². The molecule has 1 fully saturated rings. The summed E-state index contributed by atoms with van der Waals surface area (Å²) >= 11 is 0. The summed E-state index contributed by atoms with van der Waals surface area (Å²) in [6.07, 6.45) is 0. The smallest absolute Gasteiger partial charge is 0.240 e. The van der Waals surface area contributed by atoms with E-state index in [1.807, 2.05) is 20.8 Å². The molecule has 2 rings (SSSR count). The zero-order valence-electron chi connectivity index (χ0n) is 15.0. The largest absolute Gasteiger partial charge is 0.301 e. The minimum absolute atomic E-state index is 0.133. The van der Waals surface area contributed by atoms with E-state index in [9.17, 15) is 16.8 Å². The molecule has 0 aliphatic carbocycles. The Labute approximate surface area is 151 Å². The van der Waals surface area contributed by atoms with Crippen molar-refractivity contribution in [3.8, 4) is 0 Å². The molecule has 25 heavy (non-hydrogen) atoms. The number of piperazine rings is 1. The number of likely N-dealkylation sites (N-methyl/N-ethyl adjacent to an activating group) is 1. The van der Waals surface area contributed by atoms with Crippen LogP contribution in [0.5, 0.6) is 0 Å². The van der Waals surface area contributed by atoms with Crippen LogP contribution in [-0.4, -0.2) is 71.1 Å². The fraction of sp³-hybridized carbons (Fsp3) is 0.625. The van der Waals surface area contributed by atoms with E-state index in [1.165, 1.54) is 10.4 Å². The molecule has 142 valence electrons. The van der Waals surface area contributed by atoms with Gasteiger partial charge in [0.2, 0.25) is 20.0 Å². The SMILES string of the molecule is CCN1CCN(S(=O)(=O)CCNS(=O)(=O)c2ccc(C)c(C)c2)CC1. The van der Waals surface area contributed by atoms with E-state index >= 15 is 0 Å². The summed E-state index contributed by atoms with van der Waals surface area (Å²) in [5.74, 6) is -0.233. The molecule has 1 aromatic carbocycles. The number of hydrogen-bond acceptors (Lipinski definition) is 5. The number of hydrogen-bond donors (Lipinski definition) is 1. The van der Waals surface area contributed by atoms with Gasteiger partial charge >= 0.3 is 0 Å². The van der Waals surface area contributed by atoms with Crippen molar-refractivity contribution in [3.05, 3.63) is 29.3 Å². The van der Waals surface area contributed by atoms with Crippen molar-refractivity contribution in [1.82, 2.24) is 13.9 Å². The topological polar surface area (TPSA) is 86.8 Å². The summed E-state index contributed by atoms with van der Waals surface area (Å²) in [7, 11) is -7.16. The maximum atomic E-state index is 12.4. The van der Waals surface area contributed by atoms with E-state index in [1.54, 1.807) is 12.1 Å². The van der Waals surface area contributed by atoms with Gasteiger partial charge in [0.25, 0.3) is 0 Å². The first-order valence-electron chi connectivity index (χ1n) is 8.43. The Hall–Kier alpha value is -1.00. The number of sulfonamides is 2. The third kappa shape index (κ3) is 5.24. The zero-order valence-corrected chi connectivity index (χ0v) is 16.7. The number of nitrogens with zero attached hydrogens (tertiary/aromatic N) is 2. The molecular formula is C16H27N3O4S2. The predicted molar refractivity (Wildman–Crippen MR) is 98.6 cm³/mol. The minimum Gasteiger partial charge on any atom is -0.301 e. The minimum atomic E-state index is -3.71. The molecular weight excluding hydrogens is 362 g/mol. The highest BCUT2D eigenvalue weighted by atomic mass is 32.2. The Balaban J connectivity index is 1.93. The molecule has 0 atom stereocenters. The third-order valence-corrected chi connectivity index (χ3v) is 7.94. The molecule has 1 aliphatic heterocycles. The number of benzene rings is 1. The molecule has 0 unspecified atom stereocenters. The van der Waals surface area contributed by atoms with Crippen LogP contribution in [0.2, 0.25) is 0 Å². The number of aryl methyl sites for hydroxylation is 2. The lowest BCUT2D eigenvalue weighted by molar-refractivity contribution is 0.196. The lowest BCUT2D eigenvalue weighted by atomic mass is 10.1. The quantitative estimate of drug-likeness (QED) is 0.736. The van der Waals surface area contributed by atoms with Gasteiger partial charge in [0.1, 0.15) is 0 Å². The molecule has 0 bridgehead atoms. The molecule has 1 aromatic rings. The van der Waals surface area contributed by atoms with Crippen LogP contribution in [0.25, 0.3) is 0 Å². The highest BCUT2D eigenvalue weighted by molar-refractivity contribution is 7.90. The van der Waals surface area contributed by atoms with Crippen molar-refractivity contribution in [2.24, 2.45) is 0 Å². The van der Waals surface area contributed by atoms with Crippen molar-refractivity contribution >= 4 is 20.0 Å². The molecule has 1 aliphatic rings. The second-order valence-corrected chi connectivity index (χ2v) is 10.1. The first kappa shape index (κ1) is 20.3. The molecule has 7 nitrogen and oxygen atoms in total. The monoisotopic (exact) mass is 389 g/mol. The third-order valence-electron chi connectivity index (χ3n) is 4.61. The van der Waals surface area contributed by atoms with Gasteiger partial charge in [-0.25, -0.2) is 21.6 Å². The zero-order chi connectivity index (χ0) is 18.7. The summed E-state index contributed by atoms with van der Waals surface area (Å²) in [4.78, 5) is 2.35. The van der Waals surface area contributed by atoms with Crippen LogP contribution < -0.4 is 4.72 Å².